The molecule has 3 aromatic rings. The first-order chi connectivity index (χ1) is 13.8. The summed E-state index contributed by atoms with van der Waals surface area (Å²) in [5.41, 5.74) is 3.09. The van der Waals surface area contributed by atoms with Gasteiger partial charge in [0.1, 0.15) is 0 Å². The molecule has 1 aliphatic rings. The van der Waals surface area contributed by atoms with Crippen molar-refractivity contribution < 1.29 is 5.11 Å². The average molecular weight is 372 g/mol. The van der Waals surface area contributed by atoms with E-state index in [-0.39, 0.29) is 12.1 Å². The van der Waals surface area contributed by atoms with Crippen molar-refractivity contribution in [1.29, 1.82) is 0 Å². The topological polar surface area (TPSA) is 32.3 Å². The summed E-state index contributed by atoms with van der Waals surface area (Å²) in [6, 6.07) is 32.0. The predicted octanol–water partition coefficient (Wildman–Crippen LogP) is 5.26. The minimum absolute atomic E-state index is 0.0584. The Morgan fingerprint density at radius 3 is 1.50 bits per heavy atom. The van der Waals surface area contributed by atoms with Gasteiger partial charge in [-0.3, -0.25) is 5.32 Å². The summed E-state index contributed by atoms with van der Waals surface area (Å²) in [7, 11) is 0. The van der Waals surface area contributed by atoms with Crippen LogP contribution in [0.2, 0.25) is 0 Å². The maximum atomic E-state index is 10.9. The highest BCUT2D eigenvalue weighted by Crippen LogP contribution is 2.38. The Labute approximate surface area is 168 Å². The van der Waals surface area contributed by atoms with Gasteiger partial charge in [-0.25, -0.2) is 0 Å². The molecule has 3 aromatic carbocycles. The molecule has 0 unspecified atom stereocenters. The normalized spacial score (nSPS) is 20.5. The van der Waals surface area contributed by atoms with Gasteiger partial charge >= 0.3 is 0 Å². The van der Waals surface area contributed by atoms with Crippen LogP contribution in [0.4, 0.5) is 0 Å². The summed E-state index contributed by atoms with van der Waals surface area (Å²) < 4.78 is 0. The lowest BCUT2D eigenvalue weighted by molar-refractivity contribution is 0.109. The Balaban J connectivity index is 1.90. The van der Waals surface area contributed by atoms with Crippen molar-refractivity contribution in [3.8, 4) is 0 Å². The fourth-order valence-corrected chi connectivity index (χ4v) is 4.55. The van der Waals surface area contributed by atoms with E-state index < -0.39 is 5.54 Å². The number of rotatable bonds is 5. The summed E-state index contributed by atoms with van der Waals surface area (Å²) in [5.74, 6) is 0. The van der Waals surface area contributed by atoms with E-state index in [9.17, 15) is 5.11 Å². The van der Waals surface area contributed by atoms with Crippen molar-refractivity contribution in [3.63, 3.8) is 0 Å². The molecule has 2 N–H and O–H groups in total. The van der Waals surface area contributed by atoms with Crippen molar-refractivity contribution in [2.75, 3.05) is 0 Å². The Morgan fingerprint density at radius 2 is 1.04 bits per heavy atom. The number of benzene rings is 3. The van der Waals surface area contributed by atoms with Crippen LogP contribution in [0, 0.1) is 0 Å². The molecule has 4 rings (SSSR count). The fraction of sp³-hybridized carbons (Fsp3) is 0.308. The third-order valence-corrected chi connectivity index (χ3v) is 6.00. The first-order valence-electron chi connectivity index (χ1n) is 10.4. The van der Waals surface area contributed by atoms with Gasteiger partial charge in [-0.2, -0.15) is 0 Å². The molecule has 0 amide bonds. The van der Waals surface area contributed by atoms with Gasteiger partial charge in [0.05, 0.1) is 11.6 Å². The van der Waals surface area contributed by atoms with Crippen LogP contribution in [0.3, 0.4) is 0 Å². The van der Waals surface area contributed by atoms with Crippen LogP contribution in [0.5, 0.6) is 0 Å². The highest BCUT2D eigenvalue weighted by molar-refractivity contribution is 5.49. The van der Waals surface area contributed by atoms with Gasteiger partial charge in [0.25, 0.3) is 0 Å². The molecule has 2 nitrogen and oxygen atoms in total. The molecular formula is C26H29NO. The molecule has 0 heterocycles. The first-order valence-corrected chi connectivity index (χ1v) is 10.4. The number of hydrogen-bond acceptors (Lipinski definition) is 2. The molecule has 0 saturated heterocycles. The minimum Gasteiger partial charge on any atom is -0.392 e. The highest BCUT2D eigenvalue weighted by Gasteiger charge is 2.39. The third kappa shape index (κ3) is 3.76. The van der Waals surface area contributed by atoms with Gasteiger partial charge in [0.2, 0.25) is 0 Å². The van der Waals surface area contributed by atoms with Gasteiger partial charge < -0.3 is 5.11 Å². The summed E-state index contributed by atoms with van der Waals surface area (Å²) in [4.78, 5) is 0. The van der Waals surface area contributed by atoms with E-state index in [1.54, 1.807) is 0 Å². The zero-order valence-electron chi connectivity index (χ0n) is 16.3. The van der Waals surface area contributed by atoms with E-state index in [2.05, 4.69) is 96.3 Å². The lowest BCUT2D eigenvalue weighted by Gasteiger charge is -2.41. The van der Waals surface area contributed by atoms with Crippen LogP contribution in [-0.4, -0.2) is 17.3 Å². The van der Waals surface area contributed by atoms with Crippen LogP contribution >= 0.6 is 0 Å². The van der Waals surface area contributed by atoms with Crippen LogP contribution in [-0.2, 0) is 5.54 Å². The quantitative estimate of drug-likeness (QED) is 0.473. The molecule has 1 aliphatic carbocycles. The number of hydrogen-bond donors (Lipinski definition) is 2. The van der Waals surface area contributed by atoms with Crippen LogP contribution in [0.25, 0.3) is 0 Å². The SMILES string of the molecule is O[C@H]1CCCCC[C@@H]1NC(c1ccccc1)(c1ccccc1)c1ccccc1. The number of aliphatic hydroxyl groups excluding tert-OH is 1. The van der Waals surface area contributed by atoms with Crippen molar-refractivity contribution in [3.05, 3.63) is 108 Å². The summed E-state index contributed by atoms with van der Waals surface area (Å²) in [6.07, 6.45) is 5.00. The van der Waals surface area contributed by atoms with Crippen LogP contribution in [0.15, 0.2) is 91.0 Å². The van der Waals surface area contributed by atoms with Gasteiger partial charge in [-0.15, -0.1) is 0 Å². The van der Waals surface area contributed by atoms with E-state index >= 15 is 0 Å². The molecule has 1 fully saturated rings. The Bertz CT molecular complexity index is 751. The van der Waals surface area contributed by atoms with E-state index in [0.29, 0.717) is 0 Å². The van der Waals surface area contributed by atoms with Gasteiger partial charge in [-0.05, 0) is 29.5 Å². The van der Waals surface area contributed by atoms with Gasteiger partial charge in [0, 0.05) is 6.04 Å². The van der Waals surface area contributed by atoms with E-state index in [4.69, 9.17) is 0 Å². The molecule has 1 saturated carbocycles. The Kier molecular flexibility index (Phi) is 5.90. The predicted molar refractivity (Wildman–Crippen MR) is 115 cm³/mol. The molecule has 0 spiro atoms. The molecule has 0 bridgehead atoms. The maximum Gasteiger partial charge on any atom is 0.0950 e. The second kappa shape index (κ2) is 8.72. The largest absolute Gasteiger partial charge is 0.392 e. The van der Waals surface area contributed by atoms with E-state index in [1.165, 1.54) is 23.1 Å². The van der Waals surface area contributed by atoms with Crippen LogP contribution in [0.1, 0.15) is 48.8 Å². The number of nitrogens with one attached hydrogen (secondary N) is 1. The molecule has 28 heavy (non-hydrogen) atoms. The fourth-order valence-electron chi connectivity index (χ4n) is 4.55. The molecule has 2 atom stereocenters. The van der Waals surface area contributed by atoms with E-state index in [0.717, 1.165) is 25.7 Å². The monoisotopic (exact) mass is 371 g/mol. The molecule has 0 radical (unpaired) electrons. The van der Waals surface area contributed by atoms with E-state index in [1.807, 2.05) is 0 Å². The molecule has 0 aliphatic heterocycles. The zero-order valence-corrected chi connectivity index (χ0v) is 16.3. The standard InChI is InChI=1S/C26H29NO/c28-25-20-12-4-11-19-24(25)27-26(21-13-5-1-6-14-21,22-15-7-2-8-16-22)23-17-9-3-10-18-23/h1-3,5-10,13-18,24-25,27-28H,4,11-12,19-20H2/t24-,25-/m0/s1. The maximum absolute atomic E-state index is 10.9. The zero-order chi connectivity index (χ0) is 19.2. The Hall–Kier alpha value is -2.42. The van der Waals surface area contributed by atoms with Crippen LogP contribution < -0.4 is 5.32 Å². The third-order valence-electron chi connectivity index (χ3n) is 6.00. The van der Waals surface area contributed by atoms with Crippen molar-refractivity contribution in [2.24, 2.45) is 0 Å². The summed E-state index contributed by atoms with van der Waals surface area (Å²) in [5, 5.41) is 14.8. The minimum atomic E-state index is -0.500. The molecule has 0 aromatic heterocycles. The second-order valence-electron chi connectivity index (χ2n) is 7.80. The summed E-state index contributed by atoms with van der Waals surface area (Å²) in [6.45, 7) is 0. The lowest BCUT2D eigenvalue weighted by atomic mass is 9.76. The van der Waals surface area contributed by atoms with Gasteiger partial charge in [0.15, 0.2) is 0 Å². The lowest BCUT2D eigenvalue weighted by Crippen LogP contribution is -2.53. The van der Waals surface area contributed by atoms with Crippen molar-refractivity contribution >= 4 is 0 Å². The highest BCUT2D eigenvalue weighted by atomic mass is 16.3. The smallest absolute Gasteiger partial charge is 0.0950 e. The molecule has 144 valence electrons. The second-order valence-corrected chi connectivity index (χ2v) is 7.80. The van der Waals surface area contributed by atoms with Gasteiger partial charge in [-0.1, -0.05) is 110 Å². The molecular weight excluding hydrogens is 342 g/mol. The Morgan fingerprint density at radius 1 is 0.607 bits per heavy atom. The molecule has 2 heteroatoms. The number of aliphatic hydroxyl groups is 1. The summed E-state index contributed by atoms with van der Waals surface area (Å²) >= 11 is 0. The van der Waals surface area contributed by atoms with Crippen molar-refractivity contribution in [2.45, 2.75) is 49.8 Å². The van der Waals surface area contributed by atoms with Crippen molar-refractivity contribution in [1.82, 2.24) is 5.32 Å². The average Bonchev–Trinajstić information content (AvgIpc) is 2.98. The first kappa shape index (κ1) is 18.9.